The molecule has 7 nitrogen and oxygen atoms in total. The highest BCUT2D eigenvalue weighted by molar-refractivity contribution is 5.94. The van der Waals surface area contributed by atoms with Gasteiger partial charge >= 0.3 is 0 Å². The number of rotatable bonds is 8. The molecule has 2 N–H and O–H groups in total. The number of carbonyl (C=O) groups is 1. The van der Waals surface area contributed by atoms with Crippen LogP contribution in [0.1, 0.15) is 77.9 Å². The standard InChI is InChI=1S/C31H34FN3O4/c1-5-17(6-2)19-11-25-28-20(13-35(25)29(37)21(19)14-39-4)27-23(34-30(38)31(15-36)9-10-31)8-7-18-16(3)22(32)12-24(33-28)26(18)27/h5,11-12,17,23,36H,1,6-10,13-15H2,2-4H3,(H,34,38). The molecule has 3 aliphatic rings. The van der Waals surface area contributed by atoms with Gasteiger partial charge in [-0.05, 0) is 67.3 Å². The number of ether oxygens (including phenoxy) is 1. The van der Waals surface area contributed by atoms with Gasteiger partial charge in [-0.25, -0.2) is 9.37 Å². The fourth-order valence-electron chi connectivity index (χ4n) is 6.56. The van der Waals surface area contributed by atoms with E-state index in [2.05, 4.69) is 18.8 Å². The minimum Gasteiger partial charge on any atom is -0.395 e. The first-order valence-corrected chi connectivity index (χ1v) is 13.7. The molecule has 3 aromatic rings. The molecule has 204 valence electrons. The molecule has 0 radical (unpaired) electrons. The molecule has 2 atom stereocenters. The number of pyridine rings is 2. The molecule has 1 amide bonds. The van der Waals surface area contributed by atoms with E-state index in [-0.39, 0.29) is 42.5 Å². The lowest BCUT2D eigenvalue weighted by atomic mass is 9.81. The van der Waals surface area contributed by atoms with E-state index in [9.17, 15) is 14.7 Å². The fourth-order valence-corrected chi connectivity index (χ4v) is 6.56. The number of aliphatic hydroxyl groups is 1. The van der Waals surface area contributed by atoms with Gasteiger partial charge in [-0.2, -0.15) is 0 Å². The normalized spacial score (nSPS) is 18.9. The molecule has 39 heavy (non-hydrogen) atoms. The zero-order valence-corrected chi connectivity index (χ0v) is 22.7. The van der Waals surface area contributed by atoms with Crippen LogP contribution in [0.15, 0.2) is 29.6 Å². The Bertz CT molecular complexity index is 1600. The number of hydrogen-bond donors (Lipinski definition) is 2. The zero-order valence-electron chi connectivity index (χ0n) is 22.7. The predicted octanol–water partition coefficient (Wildman–Crippen LogP) is 4.57. The van der Waals surface area contributed by atoms with Gasteiger partial charge < -0.3 is 19.7 Å². The van der Waals surface area contributed by atoms with Crippen LogP contribution in [0.25, 0.3) is 22.3 Å². The Hall–Kier alpha value is -3.36. The van der Waals surface area contributed by atoms with E-state index in [0.717, 1.165) is 34.1 Å². The van der Waals surface area contributed by atoms with Crippen molar-refractivity contribution in [3.8, 4) is 11.4 Å². The molecule has 1 aliphatic heterocycles. The summed E-state index contributed by atoms with van der Waals surface area (Å²) in [6.45, 7) is 8.15. The molecule has 6 rings (SSSR count). The summed E-state index contributed by atoms with van der Waals surface area (Å²) in [7, 11) is 1.58. The van der Waals surface area contributed by atoms with Gasteiger partial charge in [-0.1, -0.05) is 13.0 Å². The third kappa shape index (κ3) is 3.79. The number of amides is 1. The summed E-state index contributed by atoms with van der Waals surface area (Å²) in [5, 5.41) is 13.9. The number of fused-ring (bicyclic) bond motifs is 4. The molecule has 3 heterocycles. The van der Waals surface area contributed by atoms with Gasteiger partial charge in [0, 0.05) is 35.6 Å². The number of benzene rings is 1. The quantitative estimate of drug-likeness (QED) is 0.325. The van der Waals surface area contributed by atoms with E-state index in [1.54, 1.807) is 18.6 Å². The summed E-state index contributed by atoms with van der Waals surface area (Å²) in [6.07, 6.45) is 5.18. The van der Waals surface area contributed by atoms with Gasteiger partial charge in [0.2, 0.25) is 5.91 Å². The van der Waals surface area contributed by atoms with Crippen LogP contribution in [-0.4, -0.2) is 34.3 Å². The van der Waals surface area contributed by atoms with Gasteiger partial charge in [0.15, 0.2) is 0 Å². The van der Waals surface area contributed by atoms with E-state index >= 15 is 4.39 Å². The second-order valence-electron chi connectivity index (χ2n) is 11.3. The number of nitrogens with zero attached hydrogens (tertiary/aromatic N) is 2. The van der Waals surface area contributed by atoms with Crippen molar-refractivity contribution in [2.24, 2.45) is 5.41 Å². The van der Waals surface area contributed by atoms with Crippen LogP contribution in [-0.2, 0) is 29.1 Å². The van der Waals surface area contributed by atoms with Crippen molar-refractivity contribution in [2.75, 3.05) is 13.7 Å². The van der Waals surface area contributed by atoms with Crippen LogP contribution >= 0.6 is 0 Å². The molecule has 2 aliphatic carbocycles. The van der Waals surface area contributed by atoms with E-state index in [0.29, 0.717) is 60.3 Å². The van der Waals surface area contributed by atoms with Gasteiger partial charge in [0.1, 0.15) is 5.82 Å². The molecule has 2 unspecified atom stereocenters. The van der Waals surface area contributed by atoms with Crippen molar-refractivity contribution in [3.63, 3.8) is 0 Å². The van der Waals surface area contributed by atoms with Gasteiger partial charge in [0.05, 0.1) is 48.1 Å². The Kier molecular flexibility index (Phi) is 6.23. The summed E-state index contributed by atoms with van der Waals surface area (Å²) in [4.78, 5) is 32.0. The number of allylic oxidation sites excluding steroid dienone is 1. The molecule has 1 aromatic carbocycles. The number of methoxy groups -OCH3 is 1. The number of halogens is 1. The first-order valence-electron chi connectivity index (χ1n) is 13.7. The average molecular weight is 532 g/mol. The summed E-state index contributed by atoms with van der Waals surface area (Å²) >= 11 is 0. The fraction of sp³-hybridized carbons (Fsp3) is 0.452. The van der Waals surface area contributed by atoms with Gasteiger partial charge in [0.25, 0.3) is 5.56 Å². The number of aromatic nitrogens is 2. The van der Waals surface area contributed by atoms with Crippen molar-refractivity contribution in [1.29, 1.82) is 0 Å². The van der Waals surface area contributed by atoms with Crippen molar-refractivity contribution < 1.29 is 19.0 Å². The second-order valence-corrected chi connectivity index (χ2v) is 11.3. The Balaban J connectivity index is 1.59. The molecule has 2 aromatic heterocycles. The highest BCUT2D eigenvalue weighted by atomic mass is 19.1. The molecule has 0 spiro atoms. The maximum Gasteiger partial charge on any atom is 0.257 e. The van der Waals surface area contributed by atoms with Crippen LogP contribution in [0.4, 0.5) is 4.39 Å². The Morgan fingerprint density at radius 2 is 2.15 bits per heavy atom. The molecular formula is C31H34FN3O4. The minimum absolute atomic E-state index is 0.0245. The minimum atomic E-state index is -0.710. The lowest BCUT2D eigenvalue weighted by Gasteiger charge is -2.30. The third-order valence-electron chi connectivity index (χ3n) is 9.13. The van der Waals surface area contributed by atoms with Crippen LogP contribution in [0.3, 0.4) is 0 Å². The number of hydrogen-bond acceptors (Lipinski definition) is 5. The monoisotopic (exact) mass is 531 g/mol. The van der Waals surface area contributed by atoms with Crippen LogP contribution < -0.4 is 10.9 Å². The van der Waals surface area contributed by atoms with Crippen molar-refractivity contribution in [3.05, 3.63) is 74.3 Å². The van der Waals surface area contributed by atoms with Crippen LogP contribution in [0, 0.1) is 18.2 Å². The zero-order chi connectivity index (χ0) is 27.6. The Labute approximate surface area is 226 Å². The molecule has 1 saturated carbocycles. The van der Waals surface area contributed by atoms with Crippen LogP contribution in [0.2, 0.25) is 0 Å². The summed E-state index contributed by atoms with van der Waals surface area (Å²) in [5.74, 6) is -0.478. The van der Waals surface area contributed by atoms with E-state index < -0.39 is 5.41 Å². The third-order valence-corrected chi connectivity index (χ3v) is 9.13. The molecule has 0 saturated heterocycles. The van der Waals surface area contributed by atoms with E-state index in [1.165, 1.54) is 6.07 Å². The first-order chi connectivity index (χ1) is 18.8. The maximum absolute atomic E-state index is 15.1. The highest BCUT2D eigenvalue weighted by Gasteiger charge is 2.50. The number of carbonyl (C=O) groups excluding carboxylic acids is 1. The van der Waals surface area contributed by atoms with Crippen molar-refractivity contribution in [2.45, 2.75) is 71.1 Å². The predicted molar refractivity (Wildman–Crippen MR) is 147 cm³/mol. The average Bonchev–Trinajstić information content (AvgIpc) is 3.66. The SMILES string of the molecule is C=CC(CC)c1cc2n(c(=O)c1COC)Cc1c-2nc2cc(F)c(C)c3c2c1C(NC(=O)C1(CO)CC1)CC3. The highest BCUT2D eigenvalue weighted by Crippen LogP contribution is 2.48. The smallest absolute Gasteiger partial charge is 0.257 e. The van der Waals surface area contributed by atoms with Gasteiger partial charge in [-0.3, -0.25) is 9.59 Å². The van der Waals surface area contributed by atoms with Crippen molar-refractivity contribution in [1.82, 2.24) is 14.9 Å². The lowest BCUT2D eigenvalue weighted by molar-refractivity contribution is -0.128. The van der Waals surface area contributed by atoms with E-state index in [1.807, 2.05) is 12.1 Å². The van der Waals surface area contributed by atoms with Crippen LogP contribution in [0.5, 0.6) is 0 Å². The van der Waals surface area contributed by atoms with Crippen molar-refractivity contribution >= 4 is 16.8 Å². The molecular weight excluding hydrogens is 497 g/mol. The Morgan fingerprint density at radius 1 is 1.38 bits per heavy atom. The molecule has 0 bridgehead atoms. The summed E-state index contributed by atoms with van der Waals surface area (Å²) in [5.41, 5.74) is 5.81. The lowest BCUT2D eigenvalue weighted by Crippen LogP contribution is -2.38. The number of nitrogens with one attached hydrogen (secondary N) is 1. The number of aliphatic hydroxyl groups excluding tert-OH is 1. The molecule has 8 heteroatoms. The first kappa shape index (κ1) is 25.9. The summed E-state index contributed by atoms with van der Waals surface area (Å²) in [6, 6.07) is 3.16. The van der Waals surface area contributed by atoms with Gasteiger partial charge in [-0.15, -0.1) is 6.58 Å². The van der Waals surface area contributed by atoms with E-state index in [4.69, 9.17) is 9.72 Å². The summed E-state index contributed by atoms with van der Waals surface area (Å²) < 4.78 is 22.2. The largest absolute Gasteiger partial charge is 0.395 e. The molecule has 1 fully saturated rings. The number of aryl methyl sites for hydroxylation is 1. The maximum atomic E-state index is 15.1. The topological polar surface area (TPSA) is 93.5 Å². The Morgan fingerprint density at radius 3 is 2.79 bits per heavy atom. The second kappa shape index (κ2) is 9.38.